The number of carbonyl (C=O) groups is 2. The molecule has 1 rings (SSSR count). The van der Waals surface area contributed by atoms with Crippen molar-refractivity contribution in [1.82, 2.24) is 10.8 Å². The molecule has 6 heteroatoms. The smallest absolute Gasteiger partial charge is 0.252 e. The minimum Gasteiger partial charge on any atom is -0.351 e. The van der Waals surface area contributed by atoms with Crippen molar-refractivity contribution in [3.8, 4) is 0 Å². The molecule has 170 valence electrons. The number of nitrogens with one attached hydrogen (secondary N) is 2. The first-order chi connectivity index (χ1) is 14.8. The lowest BCUT2D eigenvalue weighted by Gasteiger charge is -2.09. The molecule has 1 aromatic rings. The Morgan fingerprint density at radius 2 is 1.58 bits per heavy atom. The monoisotopic (exact) mass is 444 g/mol. The molecule has 0 bridgehead atoms. The Morgan fingerprint density at radius 3 is 2.26 bits per heavy atom. The zero-order chi connectivity index (χ0) is 23.1. The number of thioether (sulfide) groups is 1. The predicted octanol–water partition coefficient (Wildman–Crippen LogP) is 5.82. The molecule has 0 aliphatic rings. The maximum absolute atomic E-state index is 12.4. The summed E-state index contributed by atoms with van der Waals surface area (Å²) in [6.07, 6.45) is 11.2. The van der Waals surface area contributed by atoms with Crippen LogP contribution in [0.1, 0.15) is 70.2 Å². The van der Waals surface area contributed by atoms with Gasteiger partial charge in [-0.05, 0) is 65.5 Å². The first kappa shape index (κ1) is 26.7. The largest absolute Gasteiger partial charge is 0.351 e. The van der Waals surface area contributed by atoms with Crippen LogP contribution in [-0.2, 0) is 4.79 Å². The zero-order valence-electron chi connectivity index (χ0n) is 19.2. The van der Waals surface area contributed by atoms with Gasteiger partial charge >= 0.3 is 0 Å². The van der Waals surface area contributed by atoms with Crippen LogP contribution in [0.4, 0.5) is 0 Å². The molecule has 5 nitrogen and oxygen atoms in total. The second kappa shape index (κ2) is 15.5. The molecule has 0 fully saturated rings. The average Bonchev–Trinajstić information content (AvgIpc) is 2.73. The van der Waals surface area contributed by atoms with Crippen molar-refractivity contribution < 1.29 is 14.8 Å². The molecule has 0 aliphatic heterocycles. The van der Waals surface area contributed by atoms with E-state index >= 15 is 0 Å². The van der Waals surface area contributed by atoms with Gasteiger partial charge in [-0.2, -0.15) is 0 Å². The molecule has 0 spiro atoms. The minimum absolute atomic E-state index is 0.0301. The molecule has 0 saturated heterocycles. The second-order valence-electron chi connectivity index (χ2n) is 7.81. The fourth-order valence-electron chi connectivity index (χ4n) is 2.83. The number of rotatable bonds is 13. The van der Waals surface area contributed by atoms with E-state index in [1.807, 2.05) is 18.2 Å². The van der Waals surface area contributed by atoms with E-state index in [0.29, 0.717) is 5.56 Å². The summed E-state index contributed by atoms with van der Waals surface area (Å²) in [7, 11) is 0. The summed E-state index contributed by atoms with van der Waals surface area (Å²) < 4.78 is 0. The highest BCUT2D eigenvalue weighted by Crippen LogP contribution is 2.23. The van der Waals surface area contributed by atoms with Crippen molar-refractivity contribution in [2.75, 3.05) is 12.3 Å². The van der Waals surface area contributed by atoms with E-state index in [0.717, 1.165) is 36.3 Å². The van der Waals surface area contributed by atoms with Gasteiger partial charge in [-0.25, -0.2) is 5.48 Å². The van der Waals surface area contributed by atoms with E-state index in [9.17, 15) is 9.59 Å². The molecule has 0 atom stereocenters. The molecule has 0 unspecified atom stereocenters. The number of allylic oxidation sites excluding steroid dienone is 5. The Bertz CT molecular complexity index is 809. The highest BCUT2D eigenvalue weighted by atomic mass is 32.2. The summed E-state index contributed by atoms with van der Waals surface area (Å²) in [5.41, 5.74) is 6.31. The van der Waals surface area contributed by atoms with Crippen molar-refractivity contribution in [3.05, 3.63) is 64.8 Å². The van der Waals surface area contributed by atoms with Crippen LogP contribution in [0, 0.1) is 0 Å². The van der Waals surface area contributed by atoms with Crippen molar-refractivity contribution in [1.29, 1.82) is 0 Å². The predicted molar refractivity (Wildman–Crippen MR) is 129 cm³/mol. The first-order valence-electron chi connectivity index (χ1n) is 10.7. The number of hydrogen-bond donors (Lipinski definition) is 3. The Kier molecular flexibility index (Phi) is 13.3. The number of hydrogen-bond acceptors (Lipinski definition) is 4. The summed E-state index contributed by atoms with van der Waals surface area (Å²) in [5, 5.41) is 11.2. The molecule has 31 heavy (non-hydrogen) atoms. The average molecular weight is 445 g/mol. The first-order valence-corrected chi connectivity index (χ1v) is 11.7. The summed E-state index contributed by atoms with van der Waals surface area (Å²) in [6.45, 7) is 8.79. The molecule has 3 N–H and O–H groups in total. The van der Waals surface area contributed by atoms with Gasteiger partial charge in [0.1, 0.15) is 0 Å². The third-order valence-electron chi connectivity index (χ3n) is 4.69. The normalized spacial score (nSPS) is 11.8. The van der Waals surface area contributed by atoms with Gasteiger partial charge in [0, 0.05) is 23.6 Å². The van der Waals surface area contributed by atoms with Gasteiger partial charge in [-0.1, -0.05) is 47.1 Å². The highest BCUT2D eigenvalue weighted by Gasteiger charge is 2.11. The molecule has 0 heterocycles. The molecule has 2 amide bonds. The zero-order valence-corrected chi connectivity index (χ0v) is 20.0. The van der Waals surface area contributed by atoms with Crippen LogP contribution in [-0.4, -0.2) is 29.3 Å². The summed E-state index contributed by atoms with van der Waals surface area (Å²) in [6, 6.07) is 7.45. The van der Waals surface area contributed by atoms with E-state index in [2.05, 4.69) is 51.2 Å². The lowest BCUT2D eigenvalue weighted by atomic mass is 10.1. The molecule has 0 aromatic heterocycles. The molecule has 0 radical (unpaired) electrons. The van der Waals surface area contributed by atoms with Crippen molar-refractivity contribution >= 4 is 23.6 Å². The molecule has 0 aliphatic carbocycles. The quantitative estimate of drug-likeness (QED) is 0.155. The third-order valence-corrected chi connectivity index (χ3v) is 5.69. The van der Waals surface area contributed by atoms with Crippen molar-refractivity contribution in [2.45, 2.75) is 64.7 Å². The standard InChI is InChI=1S/C25H36N2O3S/c1-19(2)9-7-10-20(3)11-8-12-21(4)16-18-31-23-14-6-5-13-22(23)25(29)26-17-15-24(28)27-30/h5-6,9,11,13-14,16,30H,7-8,10,12,15,17-18H2,1-4H3,(H,26,29)(H,27,28)/b20-11+,21-16+. The Labute approximate surface area is 191 Å². The van der Waals surface area contributed by atoms with Gasteiger partial charge in [-0.15, -0.1) is 11.8 Å². The maximum atomic E-state index is 12.4. The number of benzene rings is 1. The SMILES string of the molecule is CC(C)=CCC/C(C)=C/CC/C(C)=C/CSc1ccccc1C(=O)NCCC(=O)NO. The van der Waals surface area contributed by atoms with Crippen LogP contribution < -0.4 is 10.8 Å². The fraction of sp³-hybridized carbons (Fsp3) is 0.440. The number of carbonyl (C=O) groups excluding carboxylic acids is 2. The molecule has 0 saturated carbocycles. The van der Waals surface area contributed by atoms with E-state index in [-0.39, 0.29) is 18.9 Å². The number of hydroxylamine groups is 1. The van der Waals surface area contributed by atoms with Crippen molar-refractivity contribution in [3.63, 3.8) is 0 Å². The lowest BCUT2D eigenvalue weighted by molar-refractivity contribution is -0.129. The van der Waals surface area contributed by atoms with E-state index in [4.69, 9.17) is 5.21 Å². The van der Waals surface area contributed by atoms with Gasteiger partial charge < -0.3 is 5.32 Å². The Morgan fingerprint density at radius 1 is 0.935 bits per heavy atom. The van der Waals surface area contributed by atoms with Crippen molar-refractivity contribution in [2.24, 2.45) is 0 Å². The van der Waals surface area contributed by atoms with Gasteiger partial charge in [-0.3, -0.25) is 14.8 Å². The van der Waals surface area contributed by atoms with Crippen LogP contribution in [0.25, 0.3) is 0 Å². The van der Waals surface area contributed by atoms with Crippen LogP contribution >= 0.6 is 11.8 Å². The van der Waals surface area contributed by atoms with Gasteiger partial charge in [0.2, 0.25) is 5.91 Å². The van der Waals surface area contributed by atoms with E-state index in [1.165, 1.54) is 16.7 Å². The Hall–Kier alpha value is -2.31. The third kappa shape index (κ3) is 12.2. The summed E-state index contributed by atoms with van der Waals surface area (Å²) >= 11 is 1.62. The Balaban J connectivity index is 2.48. The molecule has 1 aromatic carbocycles. The van der Waals surface area contributed by atoms with Crippen LogP contribution in [0.15, 0.2) is 64.1 Å². The summed E-state index contributed by atoms with van der Waals surface area (Å²) in [5.74, 6) is 0.0523. The van der Waals surface area contributed by atoms with Crippen LogP contribution in [0.3, 0.4) is 0 Å². The maximum Gasteiger partial charge on any atom is 0.252 e. The lowest BCUT2D eigenvalue weighted by Crippen LogP contribution is -2.29. The van der Waals surface area contributed by atoms with E-state index < -0.39 is 5.91 Å². The van der Waals surface area contributed by atoms with Crippen LogP contribution in [0.2, 0.25) is 0 Å². The molecular formula is C25H36N2O3S. The van der Waals surface area contributed by atoms with E-state index in [1.54, 1.807) is 23.3 Å². The number of amides is 2. The fourth-order valence-corrected chi connectivity index (χ4v) is 3.87. The van der Waals surface area contributed by atoms with Gasteiger partial charge in [0.25, 0.3) is 5.91 Å². The summed E-state index contributed by atoms with van der Waals surface area (Å²) in [4.78, 5) is 24.4. The highest BCUT2D eigenvalue weighted by molar-refractivity contribution is 7.99. The van der Waals surface area contributed by atoms with Gasteiger partial charge in [0.05, 0.1) is 5.56 Å². The second-order valence-corrected chi connectivity index (χ2v) is 8.87. The molecular weight excluding hydrogens is 408 g/mol. The minimum atomic E-state index is -0.526. The van der Waals surface area contributed by atoms with Crippen LogP contribution in [0.5, 0.6) is 0 Å². The van der Waals surface area contributed by atoms with Gasteiger partial charge in [0.15, 0.2) is 0 Å². The topological polar surface area (TPSA) is 78.4 Å².